The van der Waals surface area contributed by atoms with Crippen LogP contribution in [0, 0.1) is 6.92 Å². The number of aryl methyl sites for hydroxylation is 1. The van der Waals surface area contributed by atoms with E-state index in [4.69, 9.17) is 0 Å². The highest BCUT2D eigenvalue weighted by molar-refractivity contribution is 7.95. The first-order valence-corrected chi connectivity index (χ1v) is 9.34. The quantitative estimate of drug-likeness (QED) is 0.854. The van der Waals surface area contributed by atoms with Crippen LogP contribution in [0.4, 0.5) is 0 Å². The molecule has 0 saturated heterocycles. The summed E-state index contributed by atoms with van der Waals surface area (Å²) in [5, 5.41) is 0. The summed E-state index contributed by atoms with van der Waals surface area (Å²) in [7, 11) is -3.38. The summed E-state index contributed by atoms with van der Waals surface area (Å²) in [4.78, 5) is 3.00. The van der Waals surface area contributed by atoms with E-state index in [2.05, 4.69) is 17.0 Å². The number of nitrogens with zero attached hydrogens (tertiary/aromatic N) is 1. The topological polar surface area (TPSA) is 37.4 Å². The van der Waals surface area contributed by atoms with Gasteiger partial charge in [0.05, 0.1) is 9.80 Å². The highest BCUT2D eigenvalue weighted by Crippen LogP contribution is 2.27. The van der Waals surface area contributed by atoms with Gasteiger partial charge in [0.1, 0.15) is 0 Å². The van der Waals surface area contributed by atoms with Crippen molar-refractivity contribution in [2.75, 3.05) is 6.54 Å². The molecular formula is C19H21NO2S. The summed E-state index contributed by atoms with van der Waals surface area (Å²) >= 11 is 0. The van der Waals surface area contributed by atoms with Crippen molar-refractivity contribution in [1.29, 1.82) is 0 Å². The smallest absolute Gasteiger partial charge is 0.204 e. The highest BCUT2D eigenvalue weighted by Gasteiger charge is 2.24. The molecule has 0 radical (unpaired) electrons. The maximum atomic E-state index is 12.8. The Balaban J connectivity index is 1.85. The van der Waals surface area contributed by atoms with E-state index in [1.54, 1.807) is 12.1 Å². The fraction of sp³-hybridized carbons (Fsp3) is 0.263. The first-order valence-electron chi connectivity index (χ1n) is 7.86. The molecule has 0 atom stereocenters. The molecule has 23 heavy (non-hydrogen) atoms. The van der Waals surface area contributed by atoms with Gasteiger partial charge in [0.15, 0.2) is 0 Å². The Labute approximate surface area is 138 Å². The van der Waals surface area contributed by atoms with Crippen LogP contribution in [-0.4, -0.2) is 19.9 Å². The van der Waals surface area contributed by atoms with E-state index >= 15 is 0 Å². The third-order valence-corrected chi connectivity index (χ3v) is 5.99. The molecule has 0 fully saturated rings. The summed E-state index contributed by atoms with van der Waals surface area (Å²) in [5.41, 5.74) is 2.25. The minimum atomic E-state index is -3.38. The summed E-state index contributed by atoms with van der Waals surface area (Å²) in [6.07, 6.45) is 3.30. The van der Waals surface area contributed by atoms with Gasteiger partial charge in [-0.25, -0.2) is 8.42 Å². The maximum absolute atomic E-state index is 12.8. The van der Waals surface area contributed by atoms with Crippen LogP contribution >= 0.6 is 0 Å². The van der Waals surface area contributed by atoms with Crippen LogP contribution in [0.15, 0.2) is 70.6 Å². The predicted octanol–water partition coefficient (Wildman–Crippen LogP) is 3.91. The Kier molecular flexibility index (Phi) is 4.53. The van der Waals surface area contributed by atoms with Gasteiger partial charge in [-0.3, -0.25) is 0 Å². The van der Waals surface area contributed by atoms with Crippen LogP contribution in [0.2, 0.25) is 0 Å². The lowest BCUT2D eigenvalue weighted by Crippen LogP contribution is -2.24. The van der Waals surface area contributed by atoms with E-state index in [0.717, 1.165) is 25.1 Å². The zero-order chi connectivity index (χ0) is 16.3. The minimum absolute atomic E-state index is 0.385. The Hall–Kier alpha value is -2.07. The van der Waals surface area contributed by atoms with Crippen molar-refractivity contribution in [3.05, 3.63) is 76.8 Å². The maximum Gasteiger partial charge on any atom is 0.204 e. The number of benzene rings is 2. The molecule has 2 aromatic carbocycles. The van der Waals surface area contributed by atoms with E-state index in [9.17, 15) is 8.42 Å². The Morgan fingerprint density at radius 1 is 1.00 bits per heavy atom. The van der Waals surface area contributed by atoms with Crippen LogP contribution in [-0.2, 0) is 16.4 Å². The molecule has 0 aromatic heterocycles. The van der Waals surface area contributed by atoms with Gasteiger partial charge >= 0.3 is 0 Å². The number of allylic oxidation sites excluding steroid dienone is 1. The molecule has 2 aromatic rings. The van der Waals surface area contributed by atoms with Crippen molar-refractivity contribution in [3.63, 3.8) is 0 Å². The minimum Gasteiger partial charge on any atom is -0.372 e. The normalized spacial score (nSPS) is 15.3. The largest absolute Gasteiger partial charge is 0.372 e. The molecule has 1 heterocycles. The monoisotopic (exact) mass is 327 g/mol. The lowest BCUT2D eigenvalue weighted by Gasteiger charge is -2.26. The van der Waals surface area contributed by atoms with Gasteiger partial charge in [-0.15, -0.1) is 0 Å². The third-order valence-electron chi connectivity index (χ3n) is 4.10. The van der Waals surface area contributed by atoms with E-state index in [1.165, 1.54) is 5.56 Å². The standard InChI is InChI=1S/C19H21NO2S/c1-16-9-11-18(12-10-16)23(21,22)19-8-5-13-20(15-19)14-17-6-3-2-4-7-17/h2-4,6-7,9-12,15H,5,8,13-14H2,1H3. The lowest BCUT2D eigenvalue weighted by molar-refractivity contribution is 0.345. The fourth-order valence-corrected chi connectivity index (χ4v) is 4.30. The van der Waals surface area contributed by atoms with E-state index in [0.29, 0.717) is 16.2 Å². The number of sulfone groups is 1. The van der Waals surface area contributed by atoms with Crippen molar-refractivity contribution in [2.24, 2.45) is 0 Å². The predicted molar refractivity (Wildman–Crippen MR) is 92.5 cm³/mol. The molecule has 1 aliphatic rings. The van der Waals surface area contributed by atoms with Gasteiger partial charge in [-0.2, -0.15) is 0 Å². The molecule has 1 aliphatic heterocycles. The van der Waals surface area contributed by atoms with E-state index in [1.807, 2.05) is 43.5 Å². The second-order valence-corrected chi connectivity index (χ2v) is 7.97. The molecule has 3 rings (SSSR count). The van der Waals surface area contributed by atoms with Crippen molar-refractivity contribution in [1.82, 2.24) is 4.90 Å². The summed E-state index contributed by atoms with van der Waals surface area (Å²) in [5.74, 6) is 0. The SMILES string of the molecule is Cc1ccc(S(=O)(=O)C2=CN(Cc3ccccc3)CCC2)cc1. The first kappa shape index (κ1) is 15.8. The second kappa shape index (κ2) is 6.59. The van der Waals surface area contributed by atoms with Gasteiger partial charge in [-0.05, 0) is 37.5 Å². The number of hydrogen-bond donors (Lipinski definition) is 0. The van der Waals surface area contributed by atoms with Crippen molar-refractivity contribution in [3.8, 4) is 0 Å². The average molecular weight is 327 g/mol. The van der Waals surface area contributed by atoms with Gasteiger partial charge < -0.3 is 4.90 Å². The van der Waals surface area contributed by atoms with Crippen molar-refractivity contribution in [2.45, 2.75) is 31.2 Å². The van der Waals surface area contributed by atoms with E-state index < -0.39 is 9.84 Å². The molecule has 0 amide bonds. The molecular weight excluding hydrogens is 306 g/mol. The summed E-state index contributed by atoms with van der Waals surface area (Å²) in [6, 6.07) is 17.2. The Bertz CT molecular complexity index is 793. The Morgan fingerprint density at radius 3 is 2.39 bits per heavy atom. The fourth-order valence-electron chi connectivity index (χ4n) is 2.80. The summed E-state index contributed by atoms with van der Waals surface area (Å²) < 4.78 is 25.6. The van der Waals surface area contributed by atoms with Crippen LogP contribution in [0.5, 0.6) is 0 Å². The molecule has 4 heteroatoms. The third kappa shape index (κ3) is 3.64. The molecule has 0 aliphatic carbocycles. The van der Waals surface area contributed by atoms with Crippen LogP contribution in [0.1, 0.15) is 24.0 Å². The molecule has 0 unspecified atom stereocenters. The van der Waals surface area contributed by atoms with Crippen LogP contribution in [0.25, 0.3) is 0 Å². The van der Waals surface area contributed by atoms with Gasteiger partial charge in [0.2, 0.25) is 9.84 Å². The zero-order valence-corrected chi connectivity index (χ0v) is 14.1. The Morgan fingerprint density at radius 2 is 1.70 bits per heavy atom. The second-order valence-electron chi connectivity index (χ2n) is 5.97. The summed E-state index contributed by atoms with van der Waals surface area (Å²) in [6.45, 7) is 3.59. The molecule has 3 nitrogen and oxygen atoms in total. The molecule has 0 bridgehead atoms. The number of hydrogen-bond acceptors (Lipinski definition) is 3. The van der Waals surface area contributed by atoms with Gasteiger partial charge in [0, 0.05) is 19.3 Å². The molecule has 0 saturated carbocycles. The van der Waals surface area contributed by atoms with Gasteiger partial charge in [-0.1, -0.05) is 48.0 Å². The first-order chi connectivity index (χ1) is 11.1. The highest BCUT2D eigenvalue weighted by atomic mass is 32.2. The average Bonchev–Trinajstić information content (AvgIpc) is 2.56. The lowest BCUT2D eigenvalue weighted by atomic mass is 10.1. The van der Waals surface area contributed by atoms with Crippen molar-refractivity contribution >= 4 is 9.84 Å². The van der Waals surface area contributed by atoms with Gasteiger partial charge in [0.25, 0.3) is 0 Å². The molecule has 120 valence electrons. The van der Waals surface area contributed by atoms with Crippen molar-refractivity contribution < 1.29 is 8.42 Å². The van der Waals surface area contributed by atoms with Crippen LogP contribution < -0.4 is 0 Å². The molecule has 0 spiro atoms. The molecule has 0 N–H and O–H groups in total. The van der Waals surface area contributed by atoms with Crippen LogP contribution in [0.3, 0.4) is 0 Å². The number of rotatable bonds is 4. The zero-order valence-electron chi connectivity index (χ0n) is 13.3. The van der Waals surface area contributed by atoms with E-state index in [-0.39, 0.29) is 0 Å².